The molecule has 178 valence electrons. The number of piperazine rings is 1. The van der Waals surface area contributed by atoms with Crippen molar-refractivity contribution in [3.63, 3.8) is 0 Å². The normalized spacial score (nSPS) is 13.6. The number of nitrogens with zero attached hydrogens (tertiary/aromatic N) is 2. The lowest BCUT2D eigenvalue weighted by Crippen LogP contribution is -2.50. The lowest BCUT2D eigenvalue weighted by Gasteiger charge is -2.36. The van der Waals surface area contributed by atoms with Crippen LogP contribution in [0.2, 0.25) is 0 Å². The standard InChI is InChI=1S/C28H26N2O5/c1-33-22-9-7-20(8-10-22)25-18-35-26-17-23(11-12-24(26)28(25)32)34-19-27(31)30-15-13-29(14-16-30)21-5-3-2-4-6-21/h2-12,17-18H,13-16,19H2,1H3. The molecule has 0 bridgehead atoms. The number of hydrogen-bond donors (Lipinski definition) is 0. The van der Waals surface area contributed by atoms with Crippen molar-refractivity contribution in [1.82, 2.24) is 4.90 Å². The molecule has 0 atom stereocenters. The van der Waals surface area contributed by atoms with Crippen LogP contribution in [-0.4, -0.2) is 50.7 Å². The molecule has 0 N–H and O–H groups in total. The summed E-state index contributed by atoms with van der Waals surface area (Å²) in [4.78, 5) is 29.8. The minimum Gasteiger partial charge on any atom is -0.497 e. The van der Waals surface area contributed by atoms with Crippen molar-refractivity contribution in [2.45, 2.75) is 0 Å². The van der Waals surface area contributed by atoms with E-state index in [0.29, 0.717) is 41.1 Å². The lowest BCUT2D eigenvalue weighted by atomic mass is 10.1. The van der Waals surface area contributed by atoms with Crippen LogP contribution in [0.25, 0.3) is 22.1 Å². The molecule has 1 aliphatic rings. The number of ether oxygens (including phenoxy) is 2. The van der Waals surface area contributed by atoms with E-state index < -0.39 is 0 Å². The van der Waals surface area contributed by atoms with Crippen molar-refractivity contribution in [1.29, 1.82) is 0 Å². The maximum Gasteiger partial charge on any atom is 0.260 e. The van der Waals surface area contributed by atoms with E-state index >= 15 is 0 Å². The number of benzene rings is 3. The van der Waals surface area contributed by atoms with Crippen LogP contribution in [0.1, 0.15) is 0 Å². The van der Waals surface area contributed by atoms with E-state index in [4.69, 9.17) is 13.9 Å². The summed E-state index contributed by atoms with van der Waals surface area (Å²) in [6.45, 7) is 2.81. The van der Waals surface area contributed by atoms with Gasteiger partial charge in [-0.15, -0.1) is 0 Å². The fraction of sp³-hybridized carbons (Fsp3) is 0.214. The minimum absolute atomic E-state index is 0.0610. The van der Waals surface area contributed by atoms with E-state index in [0.717, 1.165) is 18.7 Å². The summed E-state index contributed by atoms with van der Waals surface area (Å²) in [6, 6.07) is 22.5. The van der Waals surface area contributed by atoms with Gasteiger partial charge in [-0.25, -0.2) is 0 Å². The van der Waals surface area contributed by atoms with E-state index in [2.05, 4.69) is 17.0 Å². The third kappa shape index (κ3) is 4.84. The molecule has 7 heteroatoms. The summed E-state index contributed by atoms with van der Waals surface area (Å²) in [7, 11) is 1.60. The van der Waals surface area contributed by atoms with E-state index in [1.807, 2.05) is 35.2 Å². The quantitative estimate of drug-likeness (QED) is 0.421. The molecule has 0 spiro atoms. The Morgan fingerprint density at radius 2 is 1.63 bits per heavy atom. The largest absolute Gasteiger partial charge is 0.497 e. The Morgan fingerprint density at radius 3 is 2.34 bits per heavy atom. The molecule has 4 aromatic rings. The van der Waals surface area contributed by atoms with E-state index in [-0.39, 0.29) is 17.9 Å². The highest BCUT2D eigenvalue weighted by Crippen LogP contribution is 2.25. The zero-order chi connectivity index (χ0) is 24.2. The number of carbonyl (C=O) groups is 1. The number of methoxy groups -OCH3 is 1. The van der Waals surface area contributed by atoms with Gasteiger partial charge in [-0.2, -0.15) is 0 Å². The number of amides is 1. The number of rotatable bonds is 6. The van der Waals surface area contributed by atoms with Gasteiger partial charge >= 0.3 is 0 Å². The molecule has 0 unspecified atom stereocenters. The predicted octanol–water partition coefficient (Wildman–Crippen LogP) is 4.20. The minimum atomic E-state index is -0.129. The average Bonchev–Trinajstić information content (AvgIpc) is 2.92. The van der Waals surface area contributed by atoms with Gasteiger partial charge < -0.3 is 23.7 Å². The maximum atomic E-state index is 13.0. The van der Waals surface area contributed by atoms with Crippen LogP contribution in [0, 0.1) is 0 Å². The van der Waals surface area contributed by atoms with Crippen molar-refractivity contribution in [2.75, 3.05) is 44.8 Å². The second-order valence-electron chi connectivity index (χ2n) is 8.36. The second kappa shape index (κ2) is 9.93. The smallest absolute Gasteiger partial charge is 0.260 e. The summed E-state index contributed by atoms with van der Waals surface area (Å²) < 4.78 is 16.7. The molecule has 2 heterocycles. The van der Waals surface area contributed by atoms with Crippen LogP contribution >= 0.6 is 0 Å². The first-order valence-corrected chi connectivity index (χ1v) is 11.5. The highest BCUT2D eigenvalue weighted by atomic mass is 16.5. The molecule has 5 rings (SSSR count). The average molecular weight is 471 g/mol. The fourth-order valence-electron chi connectivity index (χ4n) is 4.26. The topological polar surface area (TPSA) is 72.2 Å². The Bertz CT molecular complexity index is 1370. The Labute approximate surface area is 203 Å². The van der Waals surface area contributed by atoms with Gasteiger partial charge in [0.2, 0.25) is 0 Å². The predicted molar refractivity (Wildman–Crippen MR) is 135 cm³/mol. The van der Waals surface area contributed by atoms with Gasteiger partial charge in [0.1, 0.15) is 23.3 Å². The van der Waals surface area contributed by atoms with Crippen molar-refractivity contribution in [3.8, 4) is 22.6 Å². The monoisotopic (exact) mass is 470 g/mol. The first-order valence-electron chi connectivity index (χ1n) is 11.5. The summed E-state index contributed by atoms with van der Waals surface area (Å²) >= 11 is 0. The van der Waals surface area contributed by atoms with Crippen LogP contribution in [0.15, 0.2) is 88.3 Å². The van der Waals surface area contributed by atoms with Gasteiger partial charge in [-0.3, -0.25) is 9.59 Å². The molecule has 1 saturated heterocycles. The molecular formula is C28H26N2O5. The van der Waals surface area contributed by atoms with E-state index in [9.17, 15) is 9.59 Å². The van der Waals surface area contributed by atoms with Gasteiger partial charge in [0.25, 0.3) is 5.91 Å². The highest BCUT2D eigenvalue weighted by molar-refractivity contribution is 5.83. The number of fused-ring (bicyclic) bond motifs is 1. The van der Waals surface area contributed by atoms with Crippen molar-refractivity contribution < 1.29 is 18.7 Å². The Morgan fingerprint density at radius 1 is 0.914 bits per heavy atom. The molecule has 0 radical (unpaired) electrons. The summed E-state index contributed by atoms with van der Waals surface area (Å²) in [5.74, 6) is 1.14. The molecule has 1 amide bonds. The Kier molecular flexibility index (Phi) is 6.39. The number of para-hydroxylation sites is 1. The molecule has 35 heavy (non-hydrogen) atoms. The van der Waals surface area contributed by atoms with Crippen LogP contribution in [0.4, 0.5) is 5.69 Å². The van der Waals surface area contributed by atoms with Crippen molar-refractivity contribution >= 4 is 22.6 Å². The molecule has 1 fully saturated rings. The summed E-state index contributed by atoms with van der Waals surface area (Å²) in [5.41, 5.74) is 2.67. The third-order valence-corrected chi connectivity index (χ3v) is 6.26. The first-order chi connectivity index (χ1) is 17.1. The van der Waals surface area contributed by atoms with Crippen LogP contribution in [-0.2, 0) is 4.79 Å². The molecule has 1 aliphatic heterocycles. The Balaban J connectivity index is 1.22. The SMILES string of the molecule is COc1ccc(-c2coc3cc(OCC(=O)N4CCN(c5ccccc5)CC4)ccc3c2=O)cc1. The summed E-state index contributed by atoms with van der Waals surface area (Å²) in [6.07, 6.45) is 1.45. The van der Waals surface area contributed by atoms with Gasteiger partial charge in [0.15, 0.2) is 12.0 Å². The molecule has 0 saturated carbocycles. The van der Waals surface area contributed by atoms with Gasteiger partial charge in [0, 0.05) is 37.9 Å². The fourth-order valence-corrected chi connectivity index (χ4v) is 4.26. The van der Waals surface area contributed by atoms with Crippen molar-refractivity contribution in [2.24, 2.45) is 0 Å². The maximum absolute atomic E-state index is 13.0. The van der Waals surface area contributed by atoms with Crippen LogP contribution < -0.4 is 19.8 Å². The molecule has 3 aromatic carbocycles. The van der Waals surface area contributed by atoms with Gasteiger partial charge in [-0.05, 0) is 42.0 Å². The number of hydrogen-bond acceptors (Lipinski definition) is 6. The first kappa shape index (κ1) is 22.5. The van der Waals surface area contributed by atoms with E-state index in [1.54, 1.807) is 37.4 Å². The Hall–Kier alpha value is -4.26. The zero-order valence-corrected chi connectivity index (χ0v) is 19.5. The number of carbonyl (C=O) groups excluding carboxylic acids is 1. The molecule has 7 nitrogen and oxygen atoms in total. The zero-order valence-electron chi connectivity index (χ0n) is 19.5. The summed E-state index contributed by atoms with van der Waals surface area (Å²) in [5, 5.41) is 0.453. The molecule has 1 aromatic heterocycles. The van der Waals surface area contributed by atoms with Gasteiger partial charge in [0.05, 0.1) is 18.1 Å². The van der Waals surface area contributed by atoms with Gasteiger partial charge in [-0.1, -0.05) is 30.3 Å². The van der Waals surface area contributed by atoms with Crippen molar-refractivity contribution in [3.05, 3.63) is 89.3 Å². The molecule has 0 aliphatic carbocycles. The highest BCUT2D eigenvalue weighted by Gasteiger charge is 2.21. The second-order valence-corrected chi connectivity index (χ2v) is 8.36. The lowest BCUT2D eigenvalue weighted by molar-refractivity contribution is -0.133. The number of anilines is 1. The third-order valence-electron chi connectivity index (χ3n) is 6.26. The van der Waals surface area contributed by atoms with E-state index in [1.165, 1.54) is 12.0 Å². The molecular weight excluding hydrogens is 444 g/mol. The van der Waals surface area contributed by atoms with Crippen LogP contribution in [0.3, 0.4) is 0 Å². The van der Waals surface area contributed by atoms with Crippen LogP contribution in [0.5, 0.6) is 11.5 Å².